The highest BCUT2D eigenvalue weighted by Gasteiger charge is 2.28. The van der Waals surface area contributed by atoms with Crippen LogP contribution in [0.5, 0.6) is 5.75 Å². The second kappa shape index (κ2) is 11.1. The maximum Gasteiger partial charge on any atom is 0.224 e. The maximum absolute atomic E-state index is 13.7. The number of nitrogens with one attached hydrogen (secondary N) is 1. The molecular weight excluding hydrogens is 417 g/mol. The number of amides is 1. The van der Waals surface area contributed by atoms with Crippen LogP contribution < -0.4 is 10.1 Å². The van der Waals surface area contributed by atoms with E-state index in [1.54, 1.807) is 24.4 Å². The van der Waals surface area contributed by atoms with Gasteiger partial charge in [0.05, 0.1) is 11.7 Å². The van der Waals surface area contributed by atoms with Gasteiger partial charge < -0.3 is 10.1 Å². The Kier molecular flexibility index (Phi) is 7.68. The van der Waals surface area contributed by atoms with Gasteiger partial charge in [0.15, 0.2) is 11.6 Å². The molecule has 0 spiro atoms. The summed E-state index contributed by atoms with van der Waals surface area (Å²) in [6.45, 7) is 4.82. The van der Waals surface area contributed by atoms with Crippen LogP contribution in [-0.4, -0.2) is 42.0 Å². The van der Waals surface area contributed by atoms with Crippen molar-refractivity contribution in [1.82, 2.24) is 15.2 Å². The summed E-state index contributed by atoms with van der Waals surface area (Å²) in [7, 11) is 0. The molecule has 0 aliphatic carbocycles. The molecule has 5 nitrogen and oxygen atoms in total. The number of hydrogen-bond donors (Lipinski definition) is 1. The van der Waals surface area contributed by atoms with Crippen molar-refractivity contribution in [3.05, 3.63) is 95.6 Å². The van der Waals surface area contributed by atoms with Crippen molar-refractivity contribution in [3.8, 4) is 5.75 Å². The van der Waals surface area contributed by atoms with Crippen molar-refractivity contribution in [1.29, 1.82) is 0 Å². The molecule has 1 aliphatic rings. The molecule has 1 aliphatic heterocycles. The Morgan fingerprint density at radius 2 is 1.91 bits per heavy atom. The average Bonchev–Trinajstić information content (AvgIpc) is 2.84. The molecule has 6 heteroatoms. The zero-order valence-electron chi connectivity index (χ0n) is 18.9. The van der Waals surface area contributed by atoms with Gasteiger partial charge in [-0.1, -0.05) is 48.0 Å². The van der Waals surface area contributed by atoms with Crippen LogP contribution in [0, 0.1) is 18.7 Å². The molecule has 1 saturated heterocycles. The average molecular weight is 448 g/mol. The van der Waals surface area contributed by atoms with Crippen molar-refractivity contribution >= 4 is 5.91 Å². The van der Waals surface area contributed by atoms with E-state index in [-0.39, 0.29) is 29.4 Å². The Morgan fingerprint density at radius 1 is 1.12 bits per heavy atom. The predicted octanol–water partition coefficient (Wildman–Crippen LogP) is 4.53. The Labute approximate surface area is 194 Å². The fourth-order valence-corrected chi connectivity index (χ4v) is 4.25. The van der Waals surface area contributed by atoms with Gasteiger partial charge in [-0.15, -0.1) is 0 Å². The van der Waals surface area contributed by atoms with Crippen LogP contribution >= 0.6 is 0 Å². The molecule has 1 atom stereocenters. The summed E-state index contributed by atoms with van der Waals surface area (Å²) in [6, 6.07) is 20.1. The number of likely N-dealkylation sites (tertiary alicyclic amines) is 1. The van der Waals surface area contributed by atoms with Crippen LogP contribution in [0.15, 0.2) is 72.9 Å². The number of aryl methyl sites for hydroxylation is 1. The lowest BCUT2D eigenvalue weighted by molar-refractivity contribution is -0.127. The number of halogens is 1. The molecule has 1 amide bonds. The SMILES string of the molecule is Cc1cccc(C(NC(=O)C2CCN(CCOc3ccccc3F)CC2)c2ccccn2)c1. The van der Waals surface area contributed by atoms with E-state index in [0.29, 0.717) is 13.2 Å². The highest BCUT2D eigenvalue weighted by molar-refractivity contribution is 5.79. The third kappa shape index (κ3) is 6.17. The number of benzene rings is 2. The molecule has 33 heavy (non-hydrogen) atoms. The van der Waals surface area contributed by atoms with Gasteiger partial charge in [0.1, 0.15) is 6.61 Å². The van der Waals surface area contributed by atoms with Crippen LogP contribution in [0.4, 0.5) is 4.39 Å². The molecule has 1 aromatic heterocycles. The minimum absolute atomic E-state index is 0.0373. The first kappa shape index (κ1) is 22.9. The second-order valence-electron chi connectivity index (χ2n) is 8.51. The van der Waals surface area contributed by atoms with Gasteiger partial charge in [-0.2, -0.15) is 0 Å². The van der Waals surface area contributed by atoms with Crippen molar-refractivity contribution in [2.45, 2.75) is 25.8 Å². The lowest BCUT2D eigenvalue weighted by Crippen LogP contribution is -2.43. The van der Waals surface area contributed by atoms with Crippen LogP contribution in [-0.2, 0) is 4.79 Å². The second-order valence-corrected chi connectivity index (χ2v) is 8.51. The molecule has 2 heterocycles. The fraction of sp³-hybridized carbons (Fsp3) is 0.333. The summed E-state index contributed by atoms with van der Waals surface area (Å²) in [5.74, 6) is -0.0356. The Morgan fingerprint density at radius 3 is 2.64 bits per heavy atom. The van der Waals surface area contributed by atoms with E-state index in [0.717, 1.165) is 42.8 Å². The van der Waals surface area contributed by atoms with E-state index < -0.39 is 0 Å². The van der Waals surface area contributed by atoms with E-state index in [1.165, 1.54) is 6.07 Å². The molecule has 0 radical (unpaired) electrons. The van der Waals surface area contributed by atoms with Crippen LogP contribution in [0.1, 0.15) is 35.7 Å². The van der Waals surface area contributed by atoms with Gasteiger partial charge in [-0.3, -0.25) is 14.7 Å². The lowest BCUT2D eigenvalue weighted by atomic mass is 9.94. The minimum Gasteiger partial charge on any atom is -0.489 e. The number of rotatable bonds is 8. The molecule has 172 valence electrons. The van der Waals surface area contributed by atoms with Gasteiger partial charge in [0, 0.05) is 18.7 Å². The molecule has 2 aromatic carbocycles. The smallest absolute Gasteiger partial charge is 0.224 e. The predicted molar refractivity (Wildman–Crippen MR) is 126 cm³/mol. The zero-order chi connectivity index (χ0) is 23.0. The summed E-state index contributed by atoms with van der Waals surface area (Å²) in [4.78, 5) is 19.9. The standard InChI is InChI=1S/C27H30FN3O2/c1-20-7-6-8-22(19-20)26(24-10-4-5-14-29-24)30-27(32)21-12-15-31(16-13-21)17-18-33-25-11-3-2-9-23(25)28/h2-11,14,19,21,26H,12-13,15-18H2,1H3,(H,30,32). The van der Waals surface area contributed by atoms with Gasteiger partial charge in [0.2, 0.25) is 5.91 Å². The Bertz CT molecular complexity index is 1050. The summed E-state index contributed by atoms with van der Waals surface area (Å²) in [6.07, 6.45) is 3.33. The monoisotopic (exact) mass is 447 g/mol. The van der Waals surface area contributed by atoms with E-state index in [9.17, 15) is 9.18 Å². The number of para-hydroxylation sites is 1. The van der Waals surface area contributed by atoms with Gasteiger partial charge in [0.25, 0.3) is 0 Å². The number of nitrogens with zero attached hydrogens (tertiary/aromatic N) is 2. The van der Waals surface area contributed by atoms with Crippen LogP contribution in [0.3, 0.4) is 0 Å². The number of ether oxygens (including phenoxy) is 1. The molecule has 1 unspecified atom stereocenters. The highest BCUT2D eigenvalue weighted by atomic mass is 19.1. The number of aromatic nitrogens is 1. The molecule has 1 N–H and O–H groups in total. The molecule has 3 aromatic rings. The fourth-order valence-electron chi connectivity index (χ4n) is 4.25. The number of carbonyl (C=O) groups is 1. The van der Waals surface area contributed by atoms with E-state index in [2.05, 4.69) is 21.3 Å². The third-order valence-corrected chi connectivity index (χ3v) is 6.11. The van der Waals surface area contributed by atoms with Crippen molar-refractivity contribution in [2.75, 3.05) is 26.2 Å². The van der Waals surface area contributed by atoms with Crippen LogP contribution in [0.25, 0.3) is 0 Å². The normalized spacial score (nSPS) is 15.7. The minimum atomic E-state index is -0.344. The first-order chi connectivity index (χ1) is 16.1. The topological polar surface area (TPSA) is 54.5 Å². The van der Waals surface area contributed by atoms with Crippen molar-refractivity contribution in [2.24, 2.45) is 5.92 Å². The zero-order valence-corrected chi connectivity index (χ0v) is 18.9. The van der Waals surface area contributed by atoms with Crippen LogP contribution in [0.2, 0.25) is 0 Å². The number of pyridine rings is 1. The molecule has 0 bridgehead atoms. The first-order valence-corrected chi connectivity index (χ1v) is 11.5. The number of piperidine rings is 1. The largest absolute Gasteiger partial charge is 0.489 e. The van der Waals surface area contributed by atoms with E-state index in [4.69, 9.17) is 4.74 Å². The summed E-state index contributed by atoms with van der Waals surface area (Å²) in [5.41, 5.74) is 3.01. The number of carbonyl (C=O) groups excluding carboxylic acids is 1. The molecular formula is C27H30FN3O2. The summed E-state index contributed by atoms with van der Waals surface area (Å²) in [5, 5.41) is 3.25. The third-order valence-electron chi connectivity index (χ3n) is 6.11. The molecule has 4 rings (SSSR count). The highest BCUT2D eigenvalue weighted by Crippen LogP contribution is 2.24. The van der Waals surface area contributed by atoms with Gasteiger partial charge >= 0.3 is 0 Å². The van der Waals surface area contributed by atoms with Crippen molar-refractivity contribution < 1.29 is 13.9 Å². The number of hydrogen-bond acceptors (Lipinski definition) is 4. The summed E-state index contributed by atoms with van der Waals surface area (Å²) < 4.78 is 19.3. The van der Waals surface area contributed by atoms with E-state index in [1.807, 2.05) is 43.3 Å². The molecule has 1 fully saturated rings. The molecule has 0 saturated carbocycles. The Hall–Kier alpha value is -3.25. The Balaban J connectivity index is 1.31. The van der Waals surface area contributed by atoms with Crippen molar-refractivity contribution in [3.63, 3.8) is 0 Å². The summed E-state index contributed by atoms with van der Waals surface area (Å²) >= 11 is 0. The van der Waals surface area contributed by atoms with E-state index >= 15 is 0 Å². The maximum atomic E-state index is 13.7. The van der Waals surface area contributed by atoms with Gasteiger partial charge in [-0.05, 0) is 62.7 Å². The first-order valence-electron chi connectivity index (χ1n) is 11.5. The van der Waals surface area contributed by atoms with Gasteiger partial charge in [-0.25, -0.2) is 4.39 Å². The lowest BCUT2D eigenvalue weighted by Gasteiger charge is -2.32. The quantitative estimate of drug-likeness (QED) is 0.551.